The zero-order chi connectivity index (χ0) is 16.8. The van der Waals surface area contributed by atoms with Crippen molar-refractivity contribution in [2.75, 3.05) is 13.2 Å². The molecule has 0 amide bonds. The molecule has 0 aromatic heterocycles. The molecule has 0 saturated carbocycles. The molecule has 0 saturated heterocycles. The number of carbonyl (C=O) groups excluding carboxylic acids is 1. The smallest absolute Gasteiger partial charge is 0.324 e. The molecular weight excluding hydrogens is 296 g/mol. The lowest BCUT2D eigenvalue weighted by atomic mass is 10.2. The van der Waals surface area contributed by atoms with Crippen molar-refractivity contribution in [2.45, 2.75) is 38.9 Å². The Morgan fingerprint density at radius 1 is 1.18 bits per heavy atom. The van der Waals surface area contributed by atoms with Gasteiger partial charge >= 0.3 is 5.97 Å². The monoisotopic (exact) mass is 322 g/mol. The van der Waals surface area contributed by atoms with Crippen LogP contribution in [0.2, 0.25) is 18.1 Å². The van der Waals surface area contributed by atoms with E-state index in [0.717, 1.165) is 0 Å². The molecule has 0 heterocycles. The van der Waals surface area contributed by atoms with Crippen LogP contribution in [0.1, 0.15) is 31.1 Å². The lowest BCUT2D eigenvalue weighted by Crippen LogP contribution is -2.42. The highest BCUT2D eigenvalue weighted by Crippen LogP contribution is 2.37. The third-order valence-electron chi connectivity index (χ3n) is 3.83. The van der Waals surface area contributed by atoms with E-state index >= 15 is 0 Å². The second-order valence-corrected chi connectivity index (χ2v) is 11.3. The fraction of sp³-hybridized carbons (Fsp3) is 0.471. The lowest BCUT2D eigenvalue weighted by molar-refractivity contribution is 0.0712. The van der Waals surface area contributed by atoms with Crippen molar-refractivity contribution < 1.29 is 18.7 Å². The second-order valence-electron chi connectivity index (χ2n) is 6.56. The predicted octanol–water partition coefficient (Wildman–Crippen LogP) is 4.39. The summed E-state index contributed by atoms with van der Waals surface area (Å²) >= 11 is 0. The van der Waals surface area contributed by atoms with Crippen LogP contribution in [0.5, 0.6) is 5.75 Å². The van der Waals surface area contributed by atoms with Crippen molar-refractivity contribution >= 4 is 14.3 Å². The highest BCUT2D eigenvalue weighted by atomic mass is 28.4. The summed E-state index contributed by atoms with van der Waals surface area (Å²) in [4.78, 5) is 12.3. The van der Waals surface area contributed by atoms with Gasteiger partial charge in [-0.1, -0.05) is 27.4 Å². The molecule has 0 bridgehead atoms. The average molecular weight is 322 g/mol. The molecule has 5 heteroatoms. The van der Waals surface area contributed by atoms with Crippen molar-refractivity contribution in [3.8, 4) is 5.75 Å². The van der Waals surface area contributed by atoms with E-state index in [9.17, 15) is 4.79 Å². The number of carbonyl (C=O) groups is 1. The topological polar surface area (TPSA) is 44.8 Å². The first kappa shape index (κ1) is 18.3. The van der Waals surface area contributed by atoms with Gasteiger partial charge in [0.25, 0.3) is 8.32 Å². The van der Waals surface area contributed by atoms with Gasteiger partial charge in [-0.25, -0.2) is 4.79 Å². The van der Waals surface area contributed by atoms with Gasteiger partial charge in [0.2, 0.25) is 0 Å². The Morgan fingerprint density at radius 3 is 2.27 bits per heavy atom. The summed E-state index contributed by atoms with van der Waals surface area (Å²) in [5.41, 5.74) is 0.541. The summed E-state index contributed by atoms with van der Waals surface area (Å²) in [6, 6.07) is 6.96. The van der Waals surface area contributed by atoms with Gasteiger partial charge in [-0.05, 0) is 42.4 Å². The Bertz CT molecular complexity index is 500. The highest BCUT2D eigenvalue weighted by Gasteiger charge is 2.40. The van der Waals surface area contributed by atoms with Gasteiger partial charge in [0.1, 0.15) is 19.0 Å². The zero-order valence-corrected chi connectivity index (χ0v) is 15.1. The number of hydrogen-bond acceptors (Lipinski definition) is 4. The summed E-state index contributed by atoms with van der Waals surface area (Å²) in [6.45, 7) is 14.8. The molecule has 1 aromatic rings. The van der Waals surface area contributed by atoms with E-state index in [1.807, 2.05) is 0 Å². The minimum absolute atomic E-state index is 0.00311. The summed E-state index contributed by atoms with van der Waals surface area (Å²) < 4.78 is 16.2. The van der Waals surface area contributed by atoms with Crippen LogP contribution >= 0.6 is 0 Å². The standard InChI is InChI=1S/C17H26O4Si/c1-7-19-12-13-20-15-10-8-14(9-11-15)16(18)21-22(5,6)17(2,3)4/h7-11H,1,12-13H2,2-6H3. The molecule has 0 atom stereocenters. The van der Waals surface area contributed by atoms with Crippen molar-refractivity contribution in [2.24, 2.45) is 0 Å². The normalized spacial score (nSPS) is 11.7. The van der Waals surface area contributed by atoms with Crippen molar-refractivity contribution in [3.63, 3.8) is 0 Å². The molecule has 0 N–H and O–H groups in total. The van der Waals surface area contributed by atoms with Crippen LogP contribution in [0.3, 0.4) is 0 Å². The highest BCUT2D eigenvalue weighted by molar-refractivity contribution is 6.75. The number of ether oxygens (including phenoxy) is 2. The molecular formula is C17H26O4Si. The quantitative estimate of drug-likeness (QED) is 0.424. The van der Waals surface area contributed by atoms with Crippen LogP contribution < -0.4 is 4.74 Å². The average Bonchev–Trinajstić information content (AvgIpc) is 2.42. The summed E-state index contributed by atoms with van der Waals surface area (Å²) in [6.07, 6.45) is 1.38. The van der Waals surface area contributed by atoms with Crippen molar-refractivity contribution in [1.82, 2.24) is 0 Å². The molecule has 22 heavy (non-hydrogen) atoms. The van der Waals surface area contributed by atoms with E-state index in [1.54, 1.807) is 24.3 Å². The van der Waals surface area contributed by atoms with Gasteiger partial charge in [-0.15, -0.1) is 0 Å². The maximum atomic E-state index is 12.3. The van der Waals surface area contributed by atoms with E-state index in [2.05, 4.69) is 40.4 Å². The fourth-order valence-electron chi connectivity index (χ4n) is 1.42. The SMILES string of the molecule is C=COCCOc1ccc(C(=O)O[Si](C)(C)C(C)(C)C)cc1. The molecule has 0 unspecified atom stereocenters. The first-order valence-corrected chi connectivity index (χ1v) is 10.3. The largest absolute Gasteiger partial charge is 0.516 e. The van der Waals surface area contributed by atoms with E-state index in [0.29, 0.717) is 24.5 Å². The van der Waals surface area contributed by atoms with Gasteiger partial charge in [-0.2, -0.15) is 0 Å². The van der Waals surface area contributed by atoms with Crippen molar-refractivity contribution in [3.05, 3.63) is 42.7 Å². The zero-order valence-electron chi connectivity index (χ0n) is 14.1. The number of rotatable bonds is 7. The Kier molecular flexibility index (Phi) is 6.23. The predicted molar refractivity (Wildman–Crippen MR) is 90.7 cm³/mol. The van der Waals surface area contributed by atoms with Crippen molar-refractivity contribution in [1.29, 1.82) is 0 Å². The fourth-order valence-corrected chi connectivity index (χ4v) is 2.31. The minimum atomic E-state index is -2.10. The third-order valence-corrected chi connectivity index (χ3v) is 8.14. The maximum Gasteiger partial charge on any atom is 0.324 e. The molecule has 1 aromatic carbocycles. The van der Waals surface area contributed by atoms with E-state index in [1.165, 1.54) is 6.26 Å². The number of benzene rings is 1. The van der Waals surface area contributed by atoms with Gasteiger partial charge in [0.05, 0.1) is 11.8 Å². The summed E-state index contributed by atoms with van der Waals surface area (Å²) in [5.74, 6) is 0.421. The van der Waals surface area contributed by atoms with Gasteiger partial charge in [0, 0.05) is 0 Å². The minimum Gasteiger partial charge on any atom is -0.516 e. The Hall–Kier alpha value is -1.75. The van der Waals surface area contributed by atoms with E-state index in [-0.39, 0.29) is 11.0 Å². The van der Waals surface area contributed by atoms with E-state index in [4.69, 9.17) is 13.9 Å². The first-order valence-electron chi connectivity index (χ1n) is 7.36. The van der Waals surface area contributed by atoms with Crippen LogP contribution in [0, 0.1) is 0 Å². The molecule has 0 fully saturated rings. The molecule has 0 aliphatic heterocycles. The van der Waals surface area contributed by atoms with Gasteiger partial charge in [-0.3, -0.25) is 0 Å². The molecule has 0 aliphatic rings. The van der Waals surface area contributed by atoms with Crippen LogP contribution in [-0.4, -0.2) is 27.5 Å². The Balaban J connectivity index is 2.62. The van der Waals surface area contributed by atoms with E-state index < -0.39 is 8.32 Å². The second kappa shape index (κ2) is 7.49. The van der Waals surface area contributed by atoms with Gasteiger partial charge in [0.15, 0.2) is 0 Å². The van der Waals surface area contributed by atoms with Crippen LogP contribution in [0.25, 0.3) is 0 Å². The third kappa shape index (κ3) is 5.22. The van der Waals surface area contributed by atoms with Gasteiger partial charge < -0.3 is 13.9 Å². The molecule has 0 aliphatic carbocycles. The molecule has 0 spiro atoms. The molecule has 0 radical (unpaired) electrons. The first-order chi connectivity index (χ1) is 10.2. The lowest BCUT2D eigenvalue weighted by Gasteiger charge is -2.35. The Morgan fingerprint density at radius 2 is 1.77 bits per heavy atom. The van der Waals surface area contributed by atoms with Crippen LogP contribution in [-0.2, 0) is 9.16 Å². The molecule has 4 nitrogen and oxygen atoms in total. The summed E-state index contributed by atoms with van der Waals surface area (Å²) in [5, 5.41) is -0.00311. The van der Waals surface area contributed by atoms with Crippen LogP contribution in [0.15, 0.2) is 37.1 Å². The number of hydrogen-bond donors (Lipinski definition) is 0. The van der Waals surface area contributed by atoms with Crippen LogP contribution in [0.4, 0.5) is 0 Å². The summed E-state index contributed by atoms with van der Waals surface area (Å²) in [7, 11) is -2.10. The molecule has 122 valence electrons. The molecule has 1 rings (SSSR count). The maximum absolute atomic E-state index is 12.3. The Labute approximate surface area is 134 Å².